The zero-order valence-electron chi connectivity index (χ0n) is 10.9. The number of likely N-dealkylation sites (N-methyl/N-ethyl adjacent to an activating group) is 1. The van der Waals surface area contributed by atoms with Gasteiger partial charge in [-0.3, -0.25) is 4.90 Å². The van der Waals surface area contributed by atoms with Crippen LogP contribution in [0.3, 0.4) is 0 Å². The van der Waals surface area contributed by atoms with Crippen LogP contribution in [0.1, 0.15) is 6.42 Å². The summed E-state index contributed by atoms with van der Waals surface area (Å²) < 4.78 is 0. The van der Waals surface area contributed by atoms with E-state index in [0.717, 1.165) is 26.2 Å². The maximum absolute atomic E-state index is 3.24. The molecule has 1 aliphatic heterocycles. The molecule has 1 N–H and O–H groups in total. The lowest BCUT2D eigenvalue weighted by molar-refractivity contribution is 0.208. The minimum atomic E-state index is 0.663. The Balaban J connectivity index is 1.97. The molecule has 0 amide bonds. The molecule has 1 aliphatic rings. The van der Waals surface area contributed by atoms with Gasteiger partial charge >= 0.3 is 0 Å². The molecule has 1 heterocycles. The molecule has 0 saturated carbocycles. The van der Waals surface area contributed by atoms with E-state index in [9.17, 15) is 0 Å². The van der Waals surface area contributed by atoms with Crippen LogP contribution >= 0.6 is 0 Å². The van der Waals surface area contributed by atoms with Crippen molar-refractivity contribution >= 4 is 5.69 Å². The predicted molar refractivity (Wildman–Crippen MR) is 73.6 cm³/mol. The quantitative estimate of drug-likeness (QED) is 0.848. The van der Waals surface area contributed by atoms with Gasteiger partial charge < -0.3 is 10.2 Å². The van der Waals surface area contributed by atoms with Crippen molar-refractivity contribution in [1.82, 2.24) is 10.2 Å². The SMILES string of the molecule is CNCCC1CN(c2ccccc2)CCN1C. The fraction of sp³-hybridized carbons (Fsp3) is 0.571. The average molecular weight is 233 g/mol. The Kier molecular flexibility index (Phi) is 4.40. The van der Waals surface area contributed by atoms with Crippen molar-refractivity contribution in [3.63, 3.8) is 0 Å². The summed E-state index contributed by atoms with van der Waals surface area (Å²) in [7, 11) is 4.26. The normalized spacial score (nSPS) is 21.8. The maximum atomic E-state index is 3.24. The van der Waals surface area contributed by atoms with E-state index >= 15 is 0 Å². The Labute approximate surface area is 104 Å². The van der Waals surface area contributed by atoms with E-state index in [0.29, 0.717) is 6.04 Å². The average Bonchev–Trinajstić information content (AvgIpc) is 2.39. The van der Waals surface area contributed by atoms with Crippen LogP contribution in [-0.4, -0.2) is 51.2 Å². The third-order valence-electron chi connectivity index (χ3n) is 3.63. The zero-order valence-corrected chi connectivity index (χ0v) is 10.9. The van der Waals surface area contributed by atoms with Gasteiger partial charge in [-0.1, -0.05) is 18.2 Å². The van der Waals surface area contributed by atoms with Crippen LogP contribution in [0.2, 0.25) is 0 Å². The molecule has 1 saturated heterocycles. The second kappa shape index (κ2) is 6.03. The molecule has 1 atom stereocenters. The molecule has 0 aliphatic carbocycles. The van der Waals surface area contributed by atoms with Gasteiger partial charge in [0.1, 0.15) is 0 Å². The van der Waals surface area contributed by atoms with Crippen molar-refractivity contribution < 1.29 is 0 Å². The third-order valence-corrected chi connectivity index (χ3v) is 3.63. The lowest BCUT2D eigenvalue weighted by Gasteiger charge is -2.40. The van der Waals surface area contributed by atoms with Gasteiger partial charge in [0.15, 0.2) is 0 Å². The van der Waals surface area contributed by atoms with Crippen molar-refractivity contribution in [1.29, 1.82) is 0 Å². The molecule has 0 aromatic heterocycles. The van der Waals surface area contributed by atoms with E-state index in [-0.39, 0.29) is 0 Å². The molecule has 0 radical (unpaired) electrons. The van der Waals surface area contributed by atoms with Gasteiger partial charge in [-0.25, -0.2) is 0 Å². The molecule has 1 aromatic rings. The van der Waals surface area contributed by atoms with Crippen molar-refractivity contribution in [3.05, 3.63) is 30.3 Å². The predicted octanol–water partition coefficient (Wildman–Crippen LogP) is 1.42. The fourth-order valence-electron chi connectivity index (χ4n) is 2.44. The topological polar surface area (TPSA) is 18.5 Å². The van der Waals surface area contributed by atoms with Crippen LogP contribution in [0.5, 0.6) is 0 Å². The second-order valence-corrected chi connectivity index (χ2v) is 4.81. The van der Waals surface area contributed by atoms with Gasteiger partial charge in [0.05, 0.1) is 0 Å². The van der Waals surface area contributed by atoms with Gasteiger partial charge in [-0.15, -0.1) is 0 Å². The van der Waals surface area contributed by atoms with Crippen LogP contribution in [0.4, 0.5) is 5.69 Å². The minimum Gasteiger partial charge on any atom is -0.369 e. The molecule has 17 heavy (non-hydrogen) atoms. The summed E-state index contributed by atoms with van der Waals surface area (Å²) in [5, 5.41) is 3.24. The lowest BCUT2D eigenvalue weighted by atomic mass is 10.1. The van der Waals surface area contributed by atoms with E-state index in [1.165, 1.54) is 12.1 Å². The number of nitrogens with zero attached hydrogens (tertiary/aromatic N) is 2. The van der Waals surface area contributed by atoms with Crippen molar-refractivity contribution in [2.24, 2.45) is 0 Å². The molecule has 94 valence electrons. The van der Waals surface area contributed by atoms with Crippen LogP contribution in [0, 0.1) is 0 Å². The molecule has 2 rings (SSSR count). The second-order valence-electron chi connectivity index (χ2n) is 4.81. The summed E-state index contributed by atoms with van der Waals surface area (Å²) in [6.45, 7) is 4.53. The molecule has 0 spiro atoms. The summed E-state index contributed by atoms with van der Waals surface area (Å²) in [5.41, 5.74) is 1.36. The van der Waals surface area contributed by atoms with E-state index in [1.807, 2.05) is 7.05 Å². The smallest absolute Gasteiger partial charge is 0.0367 e. The highest BCUT2D eigenvalue weighted by atomic mass is 15.3. The number of hydrogen-bond donors (Lipinski definition) is 1. The molecule has 0 bridgehead atoms. The van der Waals surface area contributed by atoms with Crippen LogP contribution < -0.4 is 10.2 Å². The highest BCUT2D eigenvalue weighted by molar-refractivity contribution is 5.46. The number of nitrogens with one attached hydrogen (secondary N) is 1. The molecular formula is C14H23N3. The zero-order chi connectivity index (χ0) is 12.1. The summed E-state index contributed by atoms with van der Waals surface area (Å²) in [4.78, 5) is 4.98. The van der Waals surface area contributed by atoms with Crippen LogP contribution in [0.25, 0.3) is 0 Å². The van der Waals surface area contributed by atoms with Crippen LogP contribution in [0.15, 0.2) is 30.3 Å². The van der Waals surface area contributed by atoms with Gasteiger partial charge in [0.2, 0.25) is 0 Å². The number of rotatable bonds is 4. The fourth-order valence-corrected chi connectivity index (χ4v) is 2.44. The first kappa shape index (κ1) is 12.4. The Bertz CT molecular complexity index is 325. The number of benzene rings is 1. The Morgan fingerprint density at radius 3 is 2.71 bits per heavy atom. The maximum Gasteiger partial charge on any atom is 0.0367 e. The van der Waals surface area contributed by atoms with Gasteiger partial charge in [0.25, 0.3) is 0 Å². The summed E-state index contributed by atoms with van der Waals surface area (Å²) in [6, 6.07) is 11.4. The first-order valence-electron chi connectivity index (χ1n) is 6.46. The van der Waals surface area contributed by atoms with E-state index in [1.54, 1.807) is 0 Å². The van der Waals surface area contributed by atoms with Gasteiger partial charge in [-0.05, 0) is 39.2 Å². The minimum absolute atomic E-state index is 0.663. The first-order valence-corrected chi connectivity index (χ1v) is 6.46. The number of piperazine rings is 1. The van der Waals surface area contributed by atoms with Gasteiger partial charge in [0, 0.05) is 31.4 Å². The summed E-state index contributed by atoms with van der Waals surface area (Å²) in [5.74, 6) is 0. The molecule has 1 aromatic carbocycles. The van der Waals surface area contributed by atoms with E-state index < -0.39 is 0 Å². The highest BCUT2D eigenvalue weighted by Gasteiger charge is 2.23. The number of anilines is 1. The van der Waals surface area contributed by atoms with Crippen molar-refractivity contribution in [2.75, 3.05) is 45.2 Å². The molecule has 1 unspecified atom stereocenters. The number of para-hydroxylation sites is 1. The largest absolute Gasteiger partial charge is 0.369 e. The third kappa shape index (κ3) is 3.20. The summed E-state index contributed by atoms with van der Waals surface area (Å²) >= 11 is 0. The molecular weight excluding hydrogens is 210 g/mol. The monoisotopic (exact) mass is 233 g/mol. The standard InChI is InChI=1S/C14H23N3/c1-15-9-8-14-12-17(11-10-16(14)2)13-6-4-3-5-7-13/h3-7,14-15H,8-12H2,1-2H3. The Morgan fingerprint density at radius 2 is 2.00 bits per heavy atom. The van der Waals surface area contributed by atoms with Crippen molar-refractivity contribution in [3.8, 4) is 0 Å². The van der Waals surface area contributed by atoms with E-state index in [2.05, 4.69) is 52.5 Å². The number of hydrogen-bond acceptors (Lipinski definition) is 3. The Morgan fingerprint density at radius 1 is 1.24 bits per heavy atom. The molecule has 1 fully saturated rings. The van der Waals surface area contributed by atoms with Gasteiger partial charge in [-0.2, -0.15) is 0 Å². The molecule has 3 heteroatoms. The van der Waals surface area contributed by atoms with Crippen molar-refractivity contribution in [2.45, 2.75) is 12.5 Å². The summed E-state index contributed by atoms with van der Waals surface area (Å²) in [6.07, 6.45) is 1.22. The first-order chi connectivity index (χ1) is 8.31. The van der Waals surface area contributed by atoms with Crippen LogP contribution in [-0.2, 0) is 0 Å². The Hall–Kier alpha value is -1.06. The van der Waals surface area contributed by atoms with E-state index in [4.69, 9.17) is 0 Å². The molecule has 3 nitrogen and oxygen atoms in total. The highest BCUT2D eigenvalue weighted by Crippen LogP contribution is 2.19. The lowest BCUT2D eigenvalue weighted by Crippen LogP contribution is -2.52.